The molecule has 0 saturated carbocycles. The van der Waals surface area contributed by atoms with Gasteiger partial charge < -0.3 is 31.1 Å². The fraction of sp³-hybridized carbons (Fsp3) is 0.385. The van der Waals surface area contributed by atoms with Gasteiger partial charge in [0.05, 0.1) is 22.4 Å². The van der Waals surface area contributed by atoms with Gasteiger partial charge in [0.15, 0.2) is 0 Å². The van der Waals surface area contributed by atoms with Crippen LogP contribution in [0.15, 0.2) is 65.2 Å². The molecule has 5 N–H and O–H groups in total. The number of β-amino-alcohol motifs (C(OH)–C–C–N with tert-alkyl or cyclic N) is 1. The molecule has 2 aromatic carbocycles. The molecule has 6 rings (SSSR count). The van der Waals surface area contributed by atoms with Crippen molar-refractivity contribution in [3.8, 4) is 11.5 Å². The lowest BCUT2D eigenvalue weighted by molar-refractivity contribution is -0.117. The minimum Gasteiger partial charge on any atom is -0.457 e. The van der Waals surface area contributed by atoms with Crippen molar-refractivity contribution in [2.24, 2.45) is 5.92 Å². The molecule has 4 aliphatic heterocycles. The molecule has 3 fully saturated rings. The van der Waals surface area contributed by atoms with E-state index >= 15 is 0 Å². The quantitative estimate of drug-likeness (QED) is 0.421. The molecule has 5 atom stereocenters. The molecule has 4 aliphatic rings. The Morgan fingerprint density at radius 3 is 2.64 bits per heavy atom. The van der Waals surface area contributed by atoms with Crippen molar-refractivity contribution in [2.75, 3.05) is 24.5 Å². The number of ether oxygens (including phenoxy) is 1. The molecule has 0 spiro atoms. The van der Waals surface area contributed by atoms with Crippen molar-refractivity contribution in [2.45, 2.75) is 36.4 Å². The Morgan fingerprint density at radius 2 is 1.86 bits per heavy atom. The molecule has 0 radical (unpaired) electrons. The van der Waals surface area contributed by atoms with E-state index in [2.05, 4.69) is 21.3 Å². The summed E-state index contributed by atoms with van der Waals surface area (Å²) in [6, 6.07) is 16.7. The predicted molar refractivity (Wildman–Crippen MR) is 138 cm³/mol. The number of urea groups is 1. The van der Waals surface area contributed by atoms with Gasteiger partial charge in [-0.3, -0.25) is 9.69 Å². The van der Waals surface area contributed by atoms with Gasteiger partial charge in [-0.1, -0.05) is 30.0 Å². The van der Waals surface area contributed by atoms with E-state index in [1.807, 2.05) is 59.5 Å². The average Bonchev–Trinajstić information content (AvgIpc) is 3.25. The maximum absolute atomic E-state index is 13.4. The van der Waals surface area contributed by atoms with Crippen molar-refractivity contribution in [1.29, 1.82) is 0 Å². The standard InChI is InChI=1S/C26H29N5O4S/c32-17-12-15(13-27-14-17)29-24(33)23-22-21-20(10-11-28-25(21)36-23)31(26(34)30-22)16-6-8-19(9-7-16)35-18-4-2-1-3-5-18/h1-9,15,17,20-21,25,27-28,32H,10-14H2,(H,29,33)(H,30,34)/t15-,17-,20?,21?,25?/m1/s1. The number of hydrogen-bond donors (Lipinski definition) is 5. The highest BCUT2D eigenvalue weighted by atomic mass is 32.2. The highest BCUT2D eigenvalue weighted by molar-refractivity contribution is 8.04. The molecule has 188 valence electrons. The van der Waals surface area contributed by atoms with Crippen LogP contribution in [0, 0.1) is 5.92 Å². The van der Waals surface area contributed by atoms with E-state index in [0.717, 1.165) is 24.4 Å². The molecule has 2 aromatic rings. The molecule has 10 heteroatoms. The number of aliphatic hydroxyl groups is 1. The first-order valence-electron chi connectivity index (χ1n) is 12.3. The first-order chi connectivity index (χ1) is 17.6. The lowest BCUT2D eigenvalue weighted by atomic mass is 9.86. The third-order valence-electron chi connectivity index (χ3n) is 7.10. The van der Waals surface area contributed by atoms with Crippen LogP contribution in [0.4, 0.5) is 10.5 Å². The van der Waals surface area contributed by atoms with Gasteiger partial charge in [-0.2, -0.15) is 0 Å². The molecule has 3 saturated heterocycles. The normalized spacial score (nSPS) is 29.4. The van der Waals surface area contributed by atoms with Gasteiger partial charge >= 0.3 is 6.03 Å². The number of carbonyl (C=O) groups is 2. The smallest absolute Gasteiger partial charge is 0.326 e. The summed E-state index contributed by atoms with van der Waals surface area (Å²) >= 11 is 1.48. The molecule has 3 unspecified atom stereocenters. The number of carbonyl (C=O) groups excluding carboxylic acids is 2. The number of amides is 3. The van der Waals surface area contributed by atoms with Gasteiger partial charge in [-0.25, -0.2) is 4.79 Å². The topological polar surface area (TPSA) is 115 Å². The Morgan fingerprint density at radius 1 is 1.08 bits per heavy atom. The van der Waals surface area contributed by atoms with Gasteiger partial charge in [0.2, 0.25) is 0 Å². The van der Waals surface area contributed by atoms with Crippen LogP contribution in [-0.4, -0.2) is 60.2 Å². The van der Waals surface area contributed by atoms with Gasteiger partial charge in [0.25, 0.3) is 5.91 Å². The van der Waals surface area contributed by atoms with Crippen molar-refractivity contribution in [1.82, 2.24) is 21.3 Å². The summed E-state index contributed by atoms with van der Waals surface area (Å²) in [4.78, 5) is 28.9. The lowest BCUT2D eigenvalue weighted by Gasteiger charge is -2.45. The molecule has 3 amide bonds. The monoisotopic (exact) mass is 507 g/mol. The maximum Gasteiger partial charge on any atom is 0.326 e. The average molecular weight is 508 g/mol. The second-order valence-electron chi connectivity index (χ2n) is 9.54. The summed E-state index contributed by atoms with van der Waals surface area (Å²) in [6.45, 7) is 1.92. The van der Waals surface area contributed by atoms with E-state index in [4.69, 9.17) is 4.74 Å². The minimum absolute atomic E-state index is 0.0124. The molecule has 36 heavy (non-hydrogen) atoms. The highest BCUT2D eigenvalue weighted by Crippen LogP contribution is 2.48. The van der Waals surface area contributed by atoms with Crippen LogP contribution in [0.2, 0.25) is 0 Å². The molecule has 4 heterocycles. The summed E-state index contributed by atoms with van der Waals surface area (Å²) < 4.78 is 5.90. The fourth-order valence-corrected chi connectivity index (χ4v) is 6.90. The number of hydrogen-bond acceptors (Lipinski definition) is 7. The number of nitrogens with one attached hydrogen (secondary N) is 4. The predicted octanol–water partition coefficient (Wildman–Crippen LogP) is 2.11. The lowest BCUT2D eigenvalue weighted by Crippen LogP contribution is -2.62. The first kappa shape index (κ1) is 23.4. The highest BCUT2D eigenvalue weighted by Gasteiger charge is 2.51. The Balaban J connectivity index is 1.22. The maximum atomic E-state index is 13.4. The van der Waals surface area contributed by atoms with Crippen LogP contribution in [0.25, 0.3) is 0 Å². The van der Waals surface area contributed by atoms with Gasteiger partial charge in [-0.15, -0.1) is 0 Å². The molecular weight excluding hydrogens is 478 g/mol. The van der Waals surface area contributed by atoms with E-state index in [-0.39, 0.29) is 35.3 Å². The van der Waals surface area contributed by atoms with E-state index in [9.17, 15) is 14.7 Å². The summed E-state index contributed by atoms with van der Waals surface area (Å²) in [5, 5.41) is 22.7. The summed E-state index contributed by atoms with van der Waals surface area (Å²) in [7, 11) is 0. The molecule has 0 aromatic heterocycles. The molecular formula is C26H29N5O4S. The van der Waals surface area contributed by atoms with Crippen molar-refractivity contribution in [3.05, 3.63) is 65.2 Å². The molecule has 9 nitrogen and oxygen atoms in total. The fourth-order valence-electron chi connectivity index (χ4n) is 5.50. The Kier molecular flexibility index (Phi) is 6.34. The number of rotatable bonds is 5. The number of benzene rings is 2. The zero-order valence-corrected chi connectivity index (χ0v) is 20.5. The second-order valence-corrected chi connectivity index (χ2v) is 10.7. The summed E-state index contributed by atoms with van der Waals surface area (Å²) in [5.41, 5.74) is 1.50. The number of aliphatic hydroxyl groups excluding tert-OH is 1. The van der Waals surface area contributed by atoms with Crippen molar-refractivity contribution < 1.29 is 19.4 Å². The van der Waals surface area contributed by atoms with E-state index < -0.39 is 6.10 Å². The first-order valence-corrected chi connectivity index (χ1v) is 13.2. The summed E-state index contributed by atoms with van der Waals surface area (Å²) in [6.07, 6.45) is 0.831. The SMILES string of the molecule is O=C(N[C@H]1CNC[C@H](O)C1)C1=C2NC(=O)N(c3ccc(Oc4ccccc4)cc3)C3CCNC(S1)C23. The molecule has 0 bridgehead atoms. The minimum atomic E-state index is -0.473. The third-order valence-corrected chi connectivity index (χ3v) is 8.46. The van der Waals surface area contributed by atoms with E-state index in [0.29, 0.717) is 35.9 Å². The van der Waals surface area contributed by atoms with Crippen LogP contribution in [0.5, 0.6) is 11.5 Å². The number of nitrogens with zero attached hydrogens (tertiary/aromatic N) is 1. The van der Waals surface area contributed by atoms with E-state index in [1.54, 1.807) is 0 Å². The van der Waals surface area contributed by atoms with E-state index in [1.165, 1.54) is 11.8 Å². The van der Waals surface area contributed by atoms with Crippen molar-refractivity contribution in [3.63, 3.8) is 0 Å². The number of anilines is 1. The zero-order chi connectivity index (χ0) is 24.6. The van der Waals surface area contributed by atoms with Gasteiger partial charge in [0.1, 0.15) is 11.5 Å². The Bertz CT molecular complexity index is 1170. The van der Waals surface area contributed by atoms with Gasteiger partial charge in [-0.05, 0) is 55.8 Å². The second kappa shape index (κ2) is 9.78. The van der Waals surface area contributed by atoms with Crippen LogP contribution in [-0.2, 0) is 4.79 Å². The van der Waals surface area contributed by atoms with Crippen LogP contribution in [0.3, 0.4) is 0 Å². The van der Waals surface area contributed by atoms with Crippen molar-refractivity contribution >= 4 is 29.4 Å². The van der Waals surface area contributed by atoms with Crippen LogP contribution >= 0.6 is 11.8 Å². The Labute approximate surface area is 213 Å². The number of para-hydroxylation sites is 1. The summed E-state index contributed by atoms with van der Waals surface area (Å²) in [5.74, 6) is 1.24. The number of thioether (sulfide) groups is 1. The number of piperidine rings is 2. The third kappa shape index (κ3) is 4.45. The van der Waals surface area contributed by atoms with Crippen LogP contribution < -0.4 is 30.9 Å². The Hall–Kier alpha value is -3.05. The zero-order valence-electron chi connectivity index (χ0n) is 19.6. The van der Waals surface area contributed by atoms with Gasteiger partial charge in [0, 0.05) is 36.4 Å². The van der Waals surface area contributed by atoms with Crippen LogP contribution in [0.1, 0.15) is 12.8 Å². The largest absolute Gasteiger partial charge is 0.457 e. The molecule has 0 aliphatic carbocycles.